The zero-order chi connectivity index (χ0) is 20.1. The number of aliphatic hydroxyl groups excluding tert-OH is 1. The van der Waals surface area contributed by atoms with Crippen molar-refractivity contribution >= 4 is 5.91 Å². The molecular weight excluding hydrogens is 352 g/mol. The predicted octanol–water partition coefficient (Wildman–Crippen LogP) is 4.37. The summed E-state index contributed by atoms with van der Waals surface area (Å²) >= 11 is 0. The maximum absolute atomic E-state index is 13.3. The van der Waals surface area contributed by atoms with Crippen LogP contribution in [0.25, 0.3) is 11.1 Å². The number of amides is 1. The first-order chi connectivity index (χ1) is 13.5. The Bertz CT molecular complexity index is 911. The van der Waals surface area contributed by atoms with Crippen molar-refractivity contribution in [1.82, 2.24) is 9.88 Å². The van der Waals surface area contributed by atoms with Crippen molar-refractivity contribution in [2.24, 2.45) is 0 Å². The van der Waals surface area contributed by atoms with Gasteiger partial charge in [0.15, 0.2) is 0 Å². The number of benzene rings is 1. The van der Waals surface area contributed by atoms with Crippen LogP contribution in [0.5, 0.6) is 0 Å². The third-order valence-corrected chi connectivity index (χ3v) is 4.81. The van der Waals surface area contributed by atoms with Gasteiger partial charge in [-0.2, -0.15) is 0 Å². The summed E-state index contributed by atoms with van der Waals surface area (Å²) in [7, 11) is 0. The number of pyridine rings is 1. The molecule has 1 amide bonds. The second kappa shape index (κ2) is 8.85. The van der Waals surface area contributed by atoms with Crippen LogP contribution in [0.15, 0.2) is 59.2 Å². The van der Waals surface area contributed by atoms with Crippen LogP contribution in [0.4, 0.5) is 0 Å². The van der Waals surface area contributed by atoms with Gasteiger partial charge in [0.25, 0.3) is 5.91 Å². The Hall–Kier alpha value is -2.92. The third kappa shape index (κ3) is 4.49. The van der Waals surface area contributed by atoms with Gasteiger partial charge in [0.2, 0.25) is 0 Å². The Labute approximate surface area is 165 Å². The normalized spacial score (nSPS) is 12.0. The Morgan fingerprint density at radius 3 is 2.46 bits per heavy atom. The molecule has 2 aromatic heterocycles. The Balaban J connectivity index is 1.94. The SMILES string of the molecule is CC[C@H](CO)N(Cc1ccco1)C(=O)c1cccc(-c2cc(C)nc(C)c2)c1. The van der Waals surface area contributed by atoms with Crippen LogP contribution in [-0.2, 0) is 6.54 Å². The number of aliphatic hydroxyl groups is 1. The Morgan fingerprint density at radius 1 is 1.11 bits per heavy atom. The molecule has 5 heteroatoms. The van der Waals surface area contributed by atoms with E-state index in [-0.39, 0.29) is 18.6 Å². The van der Waals surface area contributed by atoms with Crippen LogP contribution in [0.1, 0.15) is 40.9 Å². The zero-order valence-electron chi connectivity index (χ0n) is 16.6. The summed E-state index contributed by atoms with van der Waals surface area (Å²) in [6.45, 7) is 6.11. The van der Waals surface area contributed by atoms with Gasteiger partial charge in [-0.25, -0.2) is 0 Å². The van der Waals surface area contributed by atoms with Gasteiger partial charge in [-0.3, -0.25) is 9.78 Å². The lowest BCUT2D eigenvalue weighted by Crippen LogP contribution is -2.41. The van der Waals surface area contributed by atoms with E-state index in [4.69, 9.17) is 4.42 Å². The van der Waals surface area contributed by atoms with Gasteiger partial charge in [0.1, 0.15) is 5.76 Å². The molecule has 0 bridgehead atoms. The monoisotopic (exact) mass is 378 g/mol. The molecule has 2 heterocycles. The van der Waals surface area contributed by atoms with Crippen molar-refractivity contribution in [2.45, 2.75) is 39.8 Å². The van der Waals surface area contributed by atoms with Gasteiger partial charge in [-0.15, -0.1) is 0 Å². The van der Waals surface area contributed by atoms with Crippen LogP contribution in [0.2, 0.25) is 0 Å². The minimum Gasteiger partial charge on any atom is -0.467 e. The Kier molecular flexibility index (Phi) is 6.26. The number of aryl methyl sites for hydroxylation is 2. The molecule has 0 radical (unpaired) electrons. The lowest BCUT2D eigenvalue weighted by atomic mass is 10.0. The predicted molar refractivity (Wildman–Crippen MR) is 109 cm³/mol. The summed E-state index contributed by atoms with van der Waals surface area (Å²) in [5, 5.41) is 9.78. The minimum absolute atomic E-state index is 0.0919. The average Bonchev–Trinajstić information content (AvgIpc) is 3.20. The van der Waals surface area contributed by atoms with Gasteiger partial charge in [0.05, 0.1) is 25.5 Å². The van der Waals surface area contributed by atoms with Crippen molar-refractivity contribution in [3.05, 3.63) is 77.5 Å². The van der Waals surface area contributed by atoms with E-state index in [1.165, 1.54) is 0 Å². The molecule has 0 aliphatic rings. The quantitative estimate of drug-likeness (QED) is 0.663. The molecule has 0 saturated carbocycles. The molecule has 0 fully saturated rings. The van der Waals surface area contributed by atoms with Crippen LogP contribution in [0, 0.1) is 13.8 Å². The molecular formula is C23H26N2O3. The molecule has 3 rings (SSSR count). The molecule has 146 valence electrons. The second-order valence-electron chi connectivity index (χ2n) is 6.98. The summed E-state index contributed by atoms with van der Waals surface area (Å²) in [6, 6.07) is 15.0. The Morgan fingerprint density at radius 2 is 1.86 bits per heavy atom. The number of hydrogen-bond donors (Lipinski definition) is 1. The van der Waals surface area contributed by atoms with Crippen molar-refractivity contribution in [3.8, 4) is 11.1 Å². The van der Waals surface area contributed by atoms with Crippen LogP contribution >= 0.6 is 0 Å². The van der Waals surface area contributed by atoms with E-state index in [9.17, 15) is 9.90 Å². The topological polar surface area (TPSA) is 66.6 Å². The van der Waals surface area contributed by atoms with Gasteiger partial charge < -0.3 is 14.4 Å². The van der Waals surface area contributed by atoms with E-state index in [2.05, 4.69) is 4.98 Å². The molecule has 0 unspecified atom stereocenters. The number of hydrogen-bond acceptors (Lipinski definition) is 4. The van der Waals surface area contributed by atoms with E-state index in [1.54, 1.807) is 17.2 Å². The fourth-order valence-corrected chi connectivity index (χ4v) is 3.38. The standard InChI is InChI=1S/C23H26N2O3/c1-4-21(15-26)25(14-22-9-6-10-28-22)23(27)19-8-5-7-18(13-19)20-11-16(2)24-17(3)12-20/h5-13,21,26H,4,14-15H2,1-3H3/t21-/m1/s1. The molecule has 28 heavy (non-hydrogen) atoms. The second-order valence-corrected chi connectivity index (χ2v) is 6.98. The van der Waals surface area contributed by atoms with Crippen molar-refractivity contribution in [1.29, 1.82) is 0 Å². The minimum atomic E-state index is -0.272. The highest BCUT2D eigenvalue weighted by Gasteiger charge is 2.24. The largest absolute Gasteiger partial charge is 0.467 e. The highest BCUT2D eigenvalue weighted by atomic mass is 16.3. The van der Waals surface area contributed by atoms with Crippen LogP contribution in [-0.4, -0.2) is 33.5 Å². The zero-order valence-corrected chi connectivity index (χ0v) is 16.6. The summed E-state index contributed by atoms with van der Waals surface area (Å²) in [5.41, 5.74) is 4.47. The average molecular weight is 378 g/mol. The first-order valence-electron chi connectivity index (χ1n) is 9.51. The van der Waals surface area contributed by atoms with E-state index in [0.29, 0.717) is 24.3 Å². The summed E-state index contributed by atoms with van der Waals surface area (Å²) < 4.78 is 5.43. The summed E-state index contributed by atoms with van der Waals surface area (Å²) in [6.07, 6.45) is 2.25. The first kappa shape index (κ1) is 19.8. The number of nitrogens with zero attached hydrogens (tertiary/aromatic N) is 2. The van der Waals surface area contributed by atoms with Crippen molar-refractivity contribution in [2.75, 3.05) is 6.61 Å². The smallest absolute Gasteiger partial charge is 0.254 e. The van der Waals surface area contributed by atoms with Crippen LogP contribution < -0.4 is 0 Å². The maximum Gasteiger partial charge on any atom is 0.254 e. The molecule has 1 aromatic carbocycles. The van der Waals surface area contributed by atoms with Gasteiger partial charge >= 0.3 is 0 Å². The number of furan rings is 1. The number of aromatic nitrogens is 1. The molecule has 0 aliphatic carbocycles. The van der Waals surface area contributed by atoms with E-state index < -0.39 is 0 Å². The van der Waals surface area contributed by atoms with Gasteiger partial charge in [0, 0.05) is 17.0 Å². The first-order valence-corrected chi connectivity index (χ1v) is 9.51. The van der Waals surface area contributed by atoms with E-state index in [1.807, 2.05) is 63.2 Å². The molecule has 0 aliphatic heterocycles. The van der Waals surface area contributed by atoms with Crippen molar-refractivity contribution in [3.63, 3.8) is 0 Å². The number of carbonyl (C=O) groups is 1. The molecule has 1 N–H and O–H groups in total. The lowest BCUT2D eigenvalue weighted by molar-refractivity contribution is 0.0545. The van der Waals surface area contributed by atoms with Crippen LogP contribution in [0.3, 0.4) is 0 Å². The highest BCUT2D eigenvalue weighted by molar-refractivity contribution is 5.95. The van der Waals surface area contributed by atoms with E-state index in [0.717, 1.165) is 22.5 Å². The van der Waals surface area contributed by atoms with E-state index >= 15 is 0 Å². The van der Waals surface area contributed by atoms with Crippen molar-refractivity contribution < 1.29 is 14.3 Å². The summed E-state index contributed by atoms with van der Waals surface area (Å²) in [5.74, 6) is 0.568. The number of carbonyl (C=O) groups excluding carboxylic acids is 1. The molecule has 0 saturated heterocycles. The fourth-order valence-electron chi connectivity index (χ4n) is 3.38. The van der Waals surface area contributed by atoms with Gasteiger partial charge in [-0.1, -0.05) is 19.1 Å². The fraction of sp³-hybridized carbons (Fsp3) is 0.304. The molecule has 5 nitrogen and oxygen atoms in total. The maximum atomic E-state index is 13.3. The lowest BCUT2D eigenvalue weighted by Gasteiger charge is -2.29. The summed E-state index contributed by atoms with van der Waals surface area (Å²) in [4.78, 5) is 19.4. The highest BCUT2D eigenvalue weighted by Crippen LogP contribution is 2.24. The molecule has 3 aromatic rings. The number of rotatable bonds is 7. The van der Waals surface area contributed by atoms with Gasteiger partial charge in [-0.05, 0) is 67.8 Å². The molecule has 0 spiro atoms. The third-order valence-electron chi connectivity index (χ3n) is 4.81. The molecule has 1 atom stereocenters.